The largest absolute Gasteiger partial charge is 0.478 e. The number of hydrogen-bond donors (Lipinski definition) is 1. The lowest BCUT2D eigenvalue weighted by atomic mass is 10.1. The van der Waals surface area contributed by atoms with Crippen LogP contribution >= 0.6 is 11.3 Å². The molecule has 19 heavy (non-hydrogen) atoms. The molecule has 6 heteroatoms. The van der Waals surface area contributed by atoms with Gasteiger partial charge in [-0.3, -0.25) is 10.1 Å². The number of carboxylic acids is 1. The fourth-order valence-electron chi connectivity index (χ4n) is 1.69. The lowest BCUT2D eigenvalue weighted by molar-refractivity contribution is -0.384. The minimum atomic E-state index is -1.17. The molecular weight excluding hydrogens is 266 g/mol. The molecule has 98 valence electrons. The van der Waals surface area contributed by atoms with Crippen LogP contribution in [0.2, 0.25) is 0 Å². The van der Waals surface area contributed by atoms with Gasteiger partial charge in [0.1, 0.15) is 0 Å². The SMILES string of the molecule is CCc1csc(-c2cc(C(=O)O)cc([N+](=O)[O-])c2)c1. The van der Waals surface area contributed by atoms with Gasteiger partial charge in [0.15, 0.2) is 0 Å². The fourth-order valence-corrected chi connectivity index (χ4v) is 2.68. The van der Waals surface area contributed by atoms with E-state index in [2.05, 4.69) is 0 Å². The van der Waals surface area contributed by atoms with Crippen molar-refractivity contribution in [3.8, 4) is 10.4 Å². The summed E-state index contributed by atoms with van der Waals surface area (Å²) in [5, 5.41) is 21.8. The van der Waals surface area contributed by atoms with Crippen LogP contribution in [0.25, 0.3) is 10.4 Å². The Morgan fingerprint density at radius 2 is 2.11 bits per heavy atom. The van der Waals surface area contributed by atoms with Crippen molar-refractivity contribution in [1.82, 2.24) is 0 Å². The highest BCUT2D eigenvalue weighted by molar-refractivity contribution is 7.13. The number of thiophene rings is 1. The van der Waals surface area contributed by atoms with Gasteiger partial charge in [-0.25, -0.2) is 4.79 Å². The number of non-ortho nitro benzene ring substituents is 1. The summed E-state index contributed by atoms with van der Waals surface area (Å²) in [6.07, 6.45) is 0.872. The van der Waals surface area contributed by atoms with Gasteiger partial charge >= 0.3 is 5.97 Å². The van der Waals surface area contributed by atoms with Gasteiger partial charge in [0.2, 0.25) is 0 Å². The monoisotopic (exact) mass is 277 g/mol. The summed E-state index contributed by atoms with van der Waals surface area (Å²) in [7, 11) is 0. The Balaban J connectivity index is 2.55. The lowest BCUT2D eigenvalue weighted by Gasteiger charge is -2.01. The van der Waals surface area contributed by atoms with E-state index in [0.717, 1.165) is 22.9 Å². The van der Waals surface area contributed by atoms with Gasteiger partial charge in [0.25, 0.3) is 5.69 Å². The molecule has 0 aliphatic heterocycles. The van der Waals surface area contributed by atoms with E-state index in [0.29, 0.717) is 5.56 Å². The van der Waals surface area contributed by atoms with Crippen molar-refractivity contribution >= 4 is 23.0 Å². The third kappa shape index (κ3) is 2.79. The number of benzene rings is 1. The Bertz CT molecular complexity index is 616. The lowest BCUT2D eigenvalue weighted by Crippen LogP contribution is -1.98. The van der Waals surface area contributed by atoms with E-state index in [1.807, 2.05) is 18.4 Å². The summed E-state index contributed by atoms with van der Waals surface area (Å²) in [6, 6.07) is 5.86. The molecule has 1 aromatic heterocycles. The Labute approximate surface area is 113 Å². The highest BCUT2D eigenvalue weighted by Gasteiger charge is 2.15. The molecule has 1 heterocycles. The molecule has 2 rings (SSSR count). The summed E-state index contributed by atoms with van der Waals surface area (Å²) in [5.74, 6) is -1.17. The second-order valence-corrected chi connectivity index (χ2v) is 4.91. The van der Waals surface area contributed by atoms with Crippen molar-refractivity contribution in [2.75, 3.05) is 0 Å². The third-order valence-corrected chi connectivity index (χ3v) is 3.75. The van der Waals surface area contributed by atoms with E-state index in [1.54, 1.807) is 0 Å². The van der Waals surface area contributed by atoms with E-state index in [4.69, 9.17) is 5.11 Å². The number of rotatable bonds is 4. The first-order valence-electron chi connectivity index (χ1n) is 5.62. The van der Waals surface area contributed by atoms with Gasteiger partial charge in [-0.15, -0.1) is 11.3 Å². The van der Waals surface area contributed by atoms with Gasteiger partial charge in [-0.05, 0) is 35.1 Å². The number of nitrogens with zero attached hydrogens (tertiary/aromatic N) is 1. The zero-order valence-electron chi connectivity index (χ0n) is 10.1. The van der Waals surface area contributed by atoms with E-state index < -0.39 is 10.9 Å². The van der Waals surface area contributed by atoms with Crippen molar-refractivity contribution in [1.29, 1.82) is 0 Å². The topological polar surface area (TPSA) is 80.4 Å². The average Bonchev–Trinajstić information content (AvgIpc) is 2.86. The molecule has 0 bridgehead atoms. The maximum Gasteiger partial charge on any atom is 0.335 e. The van der Waals surface area contributed by atoms with Crippen LogP contribution in [0.3, 0.4) is 0 Å². The molecule has 5 nitrogen and oxygen atoms in total. The number of carbonyl (C=O) groups is 1. The molecule has 0 fully saturated rings. The minimum Gasteiger partial charge on any atom is -0.478 e. The van der Waals surface area contributed by atoms with Crippen molar-refractivity contribution in [3.05, 3.63) is 50.9 Å². The second kappa shape index (κ2) is 5.19. The number of nitro benzene ring substituents is 1. The first-order valence-corrected chi connectivity index (χ1v) is 6.49. The first kappa shape index (κ1) is 13.2. The fraction of sp³-hybridized carbons (Fsp3) is 0.154. The zero-order chi connectivity index (χ0) is 14.0. The molecule has 2 aromatic rings. The summed E-state index contributed by atoms with van der Waals surface area (Å²) < 4.78 is 0. The zero-order valence-corrected chi connectivity index (χ0v) is 10.9. The molecule has 0 spiro atoms. The van der Waals surface area contributed by atoms with Crippen LogP contribution in [0.5, 0.6) is 0 Å². The Morgan fingerprint density at radius 3 is 2.63 bits per heavy atom. The maximum atomic E-state index is 11.0. The Morgan fingerprint density at radius 1 is 1.37 bits per heavy atom. The van der Waals surface area contributed by atoms with Crippen LogP contribution in [-0.4, -0.2) is 16.0 Å². The smallest absolute Gasteiger partial charge is 0.335 e. The summed E-state index contributed by atoms with van der Waals surface area (Å²) in [5.41, 5.74) is 1.41. The first-order chi connectivity index (χ1) is 9.01. The van der Waals surface area contributed by atoms with E-state index in [-0.39, 0.29) is 11.3 Å². The molecule has 0 saturated heterocycles. The maximum absolute atomic E-state index is 11.0. The van der Waals surface area contributed by atoms with Crippen molar-refractivity contribution in [2.24, 2.45) is 0 Å². The normalized spacial score (nSPS) is 10.4. The molecule has 1 aromatic carbocycles. The molecule has 0 aliphatic rings. The van der Waals surface area contributed by atoms with Gasteiger partial charge < -0.3 is 5.11 Å². The van der Waals surface area contributed by atoms with Gasteiger partial charge in [-0.1, -0.05) is 6.92 Å². The summed E-state index contributed by atoms with van der Waals surface area (Å²) in [6.45, 7) is 2.02. The predicted octanol–water partition coefficient (Wildman–Crippen LogP) is 3.58. The van der Waals surface area contributed by atoms with Crippen LogP contribution in [0.4, 0.5) is 5.69 Å². The molecule has 0 unspecified atom stereocenters. The van der Waals surface area contributed by atoms with Crippen LogP contribution in [0.1, 0.15) is 22.8 Å². The van der Waals surface area contributed by atoms with Crippen molar-refractivity contribution in [3.63, 3.8) is 0 Å². The van der Waals surface area contributed by atoms with Crippen LogP contribution < -0.4 is 0 Å². The quantitative estimate of drug-likeness (QED) is 0.684. The average molecular weight is 277 g/mol. The van der Waals surface area contributed by atoms with E-state index in [1.165, 1.54) is 23.5 Å². The summed E-state index contributed by atoms with van der Waals surface area (Å²) >= 11 is 1.45. The Kier molecular flexibility index (Phi) is 3.62. The second-order valence-electron chi connectivity index (χ2n) is 4.00. The number of hydrogen-bond acceptors (Lipinski definition) is 4. The van der Waals surface area contributed by atoms with Gasteiger partial charge in [0, 0.05) is 17.0 Å². The number of aromatic carboxylic acids is 1. The minimum absolute atomic E-state index is 0.0735. The molecule has 0 saturated carbocycles. The molecule has 0 aliphatic carbocycles. The van der Waals surface area contributed by atoms with Gasteiger partial charge in [-0.2, -0.15) is 0 Å². The van der Waals surface area contributed by atoms with E-state index >= 15 is 0 Å². The number of carboxylic acid groups (broad SMARTS) is 1. The number of aryl methyl sites for hydroxylation is 1. The highest BCUT2D eigenvalue weighted by Crippen LogP contribution is 2.31. The molecule has 1 N–H and O–H groups in total. The number of nitro groups is 1. The predicted molar refractivity (Wildman–Crippen MR) is 72.7 cm³/mol. The summed E-state index contributed by atoms with van der Waals surface area (Å²) in [4.78, 5) is 22.1. The van der Waals surface area contributed by atoms with Crippen LogP contribution in [0, 0.1) is 10.1 Å². The molecule has 0 atom stereocenters. The van der Waals surface area contributed by atoms with Crippen LogP contribution in [-0.2, 0) is 6.42 Å². The molecular formula is C13H11NO4S. The molecule has 0 amide bonds. The highest BCUT2D eigenvalue weighted by atomic mass is 32.1. The standard InChI is InChI=1S/C13H11NO4S/c1-2-8-3-12(19-7-8)9-4-10(13(15)16)6-11(5-9)14(17)18/h3-7H,2H2,1H3,(H,15,16). The third-order valence-electron chi connectivity index (χ3n) is 2.72. The molecule has 0 radical (unpaired) electrons. The van der Waals surface area contributed by atoms with Crippen molar-refractivity contribution < 1.29 is 14.8 Å². The Hall–Kier alpha value is -2.21. The van der Waals surface area contributed by atoms with Crippen LogP contribution in [0.15, 0.2) is 29.6 Å². The van der Waals surface area contributed by atoms with E-state index in [9.17, 15) is 14.9 Å². The van der Waals surface area contributed by atoms with Gasteiger partial charge in [0.05, 0.1) is 10.5 Å². The van der Waals surface area contributed by atoms with Crippen molar-refractivity contribution in [2.45, 2.75) is 13.3 Å².